The second-order valence-corrected chi connectivity index (χ2v) is 4.38. The zero-order chi connectivity index (χ0) is 11.3. The Hall–Kier alpha value is -0.900. The molecule has 0 fully saturated rings. The molecular formula is C11H12F2OS. The van der Waals surface area contributed by atoms with Gasteiger partial charge in [0.25, 0.3) is 0 Å². The Kier molecular flexibility index (Phi) is 4.75. The van der Waals surface area contributed by atoms with Gasteiger partial charge in [0.1, 0.15) is 5.78 Å². The number of hydrogen-bond donors (Lipinski definition) is 0. The Morgan fingerprint density at radius 2 is 2.07 bits per heavy atom. The van der Waals surface area contributed by atoms with Crippen molar-refractivity contribution in [1.29, 1.82) is 0 Å². The van der Waals surface area contributed by atoms with Crippen molar-refractivity contribution in [3.63, 3.8) is 0 Å². The lowest BCUT2D eigenvalue weighted by Crippen LogP contribution is -2.06. The molecule has 0 heterocycles. The van der Waals surface area contributed by atoms with Gasteiger partial charge in [-0.3, -0.25) is 4.79 Å². The predicted molar refractivity (Wildman–Crippen MR) is 58.1 cm³/mol. The Morgan fingerprint density at radius 1 is 1.33 bits per heavy atom. The normalized spacial score (nSPS) is 10.3. The molecule has 0 aliphatic rings. The van der Waals surface area contributed by atoms with Crippen LogP contribution >= 0.6 is 11.8 Å². The van der Waals surface area contributed by atoms with Crippen LogP contribution in [0, 0.1) is 11.6 Å². The third kappa shape index (κ3) is 4.00. The summed E-state index contributed by atoms with van der Waals surface area (Å²) in [6.07, 6.45) is 0.171. The van der Waals surface area contributed by atoms with E-state index in [0.29, 0.717) is 11.3 Å². The third-order valence-corrected chi connectivity index (χ3v) is 2.79. The van der Waals surface area contributed by atoms with Crippen LogP contribution in [-0.2, 0) is 11.2 Å². The maximum Gasteiger partial charge on any atom is 0.159 e. The van der Waals surface area contributed by atoms with Crippen LogP contribution in [-0.4, -0.2) is 17.3 Å². The van der Waals surface area contributed by atoms with E-state index in [9.17, 15) is 13.6 Å². The number of halogens is 2. The number of benzene rings is 1. The van der Waals surface area contributed by atoms with Gasteiger partial charge in [0.15, 0.2) is 11.6 Å². The van der Waals surface area contributed by atoms with Crippen LogP contribution in [0.4, 0.5) is 8.78 Å². The first-order valence-corrected chi connectivity index (χ1v) is 5.82. The van der Waals surface area contributed by atoms with Crippen LogP contribution in [0.3, 0.4) is 0 Å². The molecule has 0 radical (unpaired) electrons. The van der Waals surface area contributed by atoms with Gasteiger partial charge in [0.05, 0.1) is 5.75 Å². The molecule has 1 aromatic carbocycles. The van der Waals surface area contributed by atoms with Gasteiger partial charge >= 0.3 is 0 Å². The van der Waals surface area contributed by atoms with E-state index in [0.717, 1.165) is 17.9 Å². The maximum absolute atomic E-state index is 12.8. The van der Waals surface area contributed by atoms with E-state index in [1.807, 2.05) is 6.92 Å². The van der Waals surface area contributed by atoms with Gasteiger partial charge in [-0.05, 0) is 23.4 Å². The molecule has 4 heteroatoms. The quantitative estimate of drug-likeness (QED) is 0.773. The molecule has 1 aromatic rings. The highest BCUT2D eigenvalue weighted by atomic mass is 32.2. The first-order valence-electron chi connectivity index (χ1n) is 4.67. The van der Waals surface area contributed by atoms with Crippen LogP contribution in [0.1, 0.15) is 12.5 Å². The van der Waals surface area contributed by atoms with Gasteiger partial charge < -0.3 is 0 Å². The Labute approximate surface area is 91.9 Å². The minimum atomic E-state index is -0.900. The van der Waals surface area contributed by atoms with E-state index in [4.69, 9.17) is 0 Å². The lowest BCUT2D eigenvalue weighted by molar-refractivity contribution is -0.116. The van der Waals surface area contributed by atoms with Crippen LogP contribution < -0.4 is 0 Å². The molecule has 82 valence electrons. The maximum atomic E-state index is 12.8. The highest BCUT2D eigenvalue weighted by Gasteiger charge is 2.06. The molecule has 0 aliphatic heterocycles. The monoisotopic (exact) mass is 230 g/mol. The summed E-state index contributed by atoms with van der Waals surface area (Å²) in [5.41, 5.74) is 0.524. The molecule has 0 N–H and O–H groups in total. The summed E-state index contributed by atoms with van der Waals surface area (Å²) >= 11 is 1.53. The van der Waals surface area contributed by atoms with E-state index >= 15 is 0 Å². The molecule has 0 unspecified atom stereocenters. The van der Waals surface area contributed by atoms with Crippen molar-refractivity contribution in [3.05, 3.63) is 35.4 Å². The SMILES string of the molecule is CCSCC(=O)Cc1ccc(F)c(F)c1. The van der Waals surface area contributed by atoms with Gasteiger partial charge in [-0.2, -0.15) is 11.8 Å². The van der Waals surface area contributed by atoms with Gasteiger partial charge in [0, 0.05) is 6.42 Å². The van der Waals surface area contributed by atoms with Crippen molar-refractivity contribution in [2.45, 2.75) is 13.3 Å². The number of ketones is 1. The molecule has 0 saturated carbocycles. The third-order valence-electron chi connectivity index (χ3n) is 1.85. The Bertz CT molecular complexity index is 352. The first-order chi connectivity index (χ1) is 7.13. The van der Waals surface area contributed by atoms with Crippen molar-refractivity contribution in [2.75, 3.05) is 11.5 Å². The van der Waals surface area contributed by atoms with Crippen molar-refractivity contribution >= 4 is 17.5 Å². The molecule has 1 nitrogen and oxygen atoms in total. The van der Waals surface area contributed by atoms with Crippen LogP contribution in [0.25, 0.3) is 0 Å². The van der Waals surface area contributed by atoms with E-state index in [2.05, 4.69) is 0 Å². The molecule has 0 amide bonds. The highest BCUT2D eigenvalue weighted by Crippen LogP contribution is 2.10. The largest absolute Gasteiger partial charge is 0.298 e. The summed E-state index contributed by atoms with van der Waals surface area (Å²) in [6, 6.07) is 3.56. The number of carbonyl (C=O) groups excluding carboxylic acids is 1. The smallest absolute Gasteiger partial charge is 0.159 e. The van der Waals surface area contributed by atoms with Crippen LogP contribution in [0.15, 0.2) is 18.2 Å². The molecular weight excluding hydrogens is 218 g/mol. The van der Waals surface area contributed by atoms with Crippen LogP contribution in [0.2, 0.25) is 0 Å². The van der Waals surface area contributed by atoms with E-state index in [1.165, 1.54) is 17.8 Å². The fraction of sp³-hybridized carbons (Fsp3) is 0.364. The van der Waals surface area contributed by atoms with Crippen molar-refractivity contribution in [2.24, 2.45) is 0 Å². The molecule has 1 rings (SSSR count). The summed E-state index contributed by atoms with van der Waals surface area (Å²) in [7, 11) is 0. The van der Waals surface area contributed by atoms with Gasteiger partial charge in [-0.25, -0.2) is 8.78 Å². The average Bonchev–Trinajstić information content (AvgIpc) is 2.20. The average molecular weight is 230 g/mol. The molecule has 0 saturated heterocycles. The van der Waals surface area contributed by atoms with Crippen LogP contribution in [0.5, 0.6) is 0 Å². The first kappa shape index (κ1) is 12.2. The number of hydrogen-bond acceptors (Lipinski definition) is 2. The summed E-state index contributed by atoms with van der Waals surface area (Å²) in [6.45, 7) is 1.97. The number of Topliss-reactive ketones (excluding diaryl/α,β-unsaturated/α-hetero) is 1. The number of thioether (sulfide) groups is 1. The topological polar surface area (TPSA) is 17.1 Å². The fourth-order valence-electron chi connectivity index (χ4n) is 1.14. The second-order valence-electron chi connectivity index (χ2n) is 3.10. The Morgan fingerprint density at radius 3 is 2.67 bits per heavy atom. The lowest BCUT2D eigenvalue weighted by atomic mass is 10.1. The lowest BCUT2D eigenvalue weighted by Gasteiger charge is -2.01. The van der Waals surface area contributed by atoms with Crippen molar-refractivity contribution in [3.8, 4) is 0 Å². The van der Waals surface area contributed by atoms with Gasteiger partial charge in [0.2, 0.25) is 0 Å². The molecule has 0 aliphatic carbocycles. The Balaban J connectivity index is 2.57. The summed E-state index contributed by atoms with van der Waals surface area (Å²) < 4.78 is 25.4. The predicted octanol–water partition coefficient (Wildman–Crippen LogP) is 2.83. The fourth-order valence-corrected chi connectivity index (χ4v) is 1.68. The number of rotatable bonds is 5. The molecule has 0 bridgehead atoms. The molecule has 0 atom stereocenters. The minimum Gasteiger partial charge on any atom is -0.298 e. The summed E-state index contributed by atoms with van der Waals surface area (Å²) in [5.74, 6) is -0.440. The zero-order valence-electron chi connectivity index (χ0n) is 8.43. The molecule has 0 spiro atoms. The zero-order valence-corrected chi connectivity index (χ0v) is 9.24. The van der Waals surface area contributed by atoms with E-state index < -0.39 is 11.6 Å². The second kappa shape index (κ2) is 5.85. The van der Waals surface area contributed by atoms with Gasteiger partial charge in [-0.1, -0.05) is 13.0 Å². The molecule has 15 heavy (non-hydrogen) atoms. The van der Waals surface area contributed by atoms with Crippen molar-refractivity contribution < 1.29 is 13.6 Å². The molecule has 0 aromatic heterocycles. The standard InChI is InChI=1S/C11H12F2OS/c1-2-15-7-9(14)5-8-3-4-10(12)11(13)6-8/h3-4,6H,2,5,7H2,1H3. The van der Waals surface area contributed by atoms with Crippen molar-refractivity contribution in [1.82, 2.24) is 0 Å². The number of carbonyl (C=O) groups is 1. The minimum absolute atomic E-state index is 0.0351. The van der Waals surface area contributed by atoms with E-state index in [-0.39, 0.29) is 12.2 Å². The van der Waals surface area contributed by atoms with Gasteiger partial charge in [-0.15, -0.1) is 0 Å². The summed E-state index contributed by atoms with van der Waals surface area (Å²) in [5, 5.41) is 0. The summed E-state index contributed by atoms with van der Waals surface area (Å²) in [4.78, 5) is 11.3. The van der Waals surface area contributed by atoms with E-state index in [1.54, 1.807) is 0 Å². The highest BCUT2D eigenvalue weighted by molar-refractivity contribution is 7.99.